The first-order valence-electron chi connectivity index (χ1n) is 5.51. The zero-order chi connectivity index (χ0) is 13.2. The molecule has 0 radical (unpaired) electrons. The van der Waals surface area contributed by atoms with Gasteiger partial charge in [-0.15, -0.1) is 33.1 Å². The molecule has 96 valence electrons. The first-order chi connectivity index (χ1) is 9.24. The second kappa shape index (κ2) is 5.45. The summed E-state index contributed by atoms with van der Waals surface area (Å²) in [6.45, 7) is 0. The van der Waals surface area contributed by atoms with Crippen LogP contribution in [0.25, 0.3) is 11.5 Å². The van der Waals surface area contributed by atoms with E-state index < -0.39 is 5.38 Å². The molecule has 2 heterocycles. The summed E-state index contributed by atoms with van der Waals surface area (Å²) in [5, 5.41) is 9.58. The lowest BCUT2D eigenvalue weighted by molar-refractivity contribution is 0.513. The molecule has 19 heavy (non-hydrogen) atoms. The third-order valence-corrected chi connectivity index (χ3v) is 4.51. The van der Waals surface area contributed by atoms with E-state index in [1.165, 1.54) is 0 Å². The van der Waals surface area contributed by atoms with Crippen LogP contribution < -0.4 is 0 Å². The summed E-state index contributed by atoms with van der Waals surface area (Å²) in [7, 11) is 0. The highest BCUT2D eigenvalue weighted by atomic mass is 79.9. The van der Waals surface area contributed by atoms with Gasteiger partial charge in [0.1, 0.15) is 5.38 Å². The molecular weight excluding hydrogens is 348 g/mol. The maximum Gasteiger partial charge on any atom is 0.248 e. The standard InChI is InChI=1S/C13H8BrClN2OS/c14-10-6-9(7-19-10)12-16-17-13(18-12)11(15)8-4-2-1-3-5-8/h1-7,11H. The van der Waals surface area contributed by atoms with Crippen molar-refractivity contribution in [3.63, 3.8) is 0 Å². The van der Waals surface area contributed by atoms with Gasteiger partial charge >= 0.3 is 0 Å². The molecule has 0 saturated heterocycles. The monoisotopic (exact) mass is 354 g/mol. The number of halogens is 2. The van der Waals surface area contributed by atoms with Crippen molar-refractivity contribution in [3.8, 4) is 11.5 Å². The third-order valence-electron chi connectivity index (χ3n) is 2.56. The van der Waals surface area contributed by atoms with Crippen LogP contribution in [0.4, 0.5) is 0 Å². The van der Waals surface area contributed by atoms with Crippen molar-refractivity contribution >= 4 is 38.9 Å². The summed E-state index contributed by atoms with van der Waals surface area (Å²) in [5.74, 6) is 0.892. The molecule has 0 N–H and O–H groups in total. The predicted octanol–water partition coefficient (Wildman–Crippen LogP) is 4.89. The number of rotatable bonds is 3. The quantitative estimate of drug-likeness (QED) is 0.628. The molecule has 0 aliphatic rings. The Hall–Kier alpha value is -1.17. The van der Waals surface area contributed by atoms with E-state index in [0.29, 0.717) is 11.8 Å². The van der Waals surface area contributed by atoms with Crippen LogP contribution in [0.3, 0.4) is 0 Å². The number of hydrogen-bond acceptors (Lipinski definition) is 4. The summed E-state index contributed by atoms with van der Waals surface area (Å²) in [5.41, 5.74) is 1.83. The normalized spacial score (nSPS) is 12.5. The minimum Gasteiger partial charge on any atom is -0.419 e. The second-order valence-electron chi connectivity index (χ2n) is 3.86. The van der Waals surface area contributed by atoms with Gasteiger partial charge in [-0.2, -0.15) is 0 Å². The van der Waals surface area contributed by atoms with Crippen molar-refractivity contribution < 1.29 is 4.42 Å². The van der Waals surface area contributed by atoms with Crippen LogP contribution in [0.2, 0.25) is 0 Å². The molecule has 0 amide bonds. The van der Waals surface area contributed by atoms with Gasteiger partial charge in [-0.25, -0.2) is 0 Å². The van der Waals surface area contributed by atoms with Gasteiger partial charge in [0.05, 0.1) is 9.35 Å². The Kier molecular flexibility index (Phi) is 3.68. The van der Waals surface area contributed by atoms with E-state index in [-0.39, 0.29) is 0 Å². The Balaban J connectivity index is 1.89. The van der Waals surface area contributed by atoms with Crippen molar-refractivity contribution in [1.29, 1.82) is 0 Å². The Bertz CT molecular complexity index is 683. The Morgan fingerprint density at radius 1 is 1.21 bits per heavy atom. The van der Waals surface area contributed by atoms with Crippen LogP contribution in [0.1, 0.15) is 16.8 Å². The van der Waals surface area contributed by atoms with Crippen molar-refractivity contribution in [1.82, 2.24) is 10.2 Å². The number of alkyl halides is 1. The lowest BCUT2D eigenvalue weighted by Crippen LogP contribution is -1.92. The average Bonchev–Trinajstić information content (AvgIpc) is 3.07. The Labute approximate surface area is 127 Å². The average molecular weight is 356 g/mol. The fourth-order valence-electron chi connectivity index (χ4n) is 1.64. The predicted molar refractivity (Wildman–Crippen MR) is 79.4 cm³/mol. The minimum atomic E-state index is -0.426. The fourth-order valence-corrected chi connectivity index (χ4v) is 3.00. The molecule has 2 aromatic heterocycles. The molecule has 0 saturated carbocycles. The summed E-state index contributed by atoms with van der Waals surface area (Å²) in [6.07, 6.45) is 0. The molecule has 0 spiro atoms. The summed E-state index contributed by atoms with van der Waals surface area (Å²) < 4.78 is 6.65. The zero-order valence-electron chi connectivity index (χ0n) is 9.59. The molecule has 0 aliphatic carbocycles. The van der Waals surface area contributed by atoms with Crippen LogP contribution in [-0.2, 0) is 0 Å². The van der Waals surface area contributed by atoms with Gasteiger partial charge in [0, 0.05) is 5.38 Å². The molecule has 0 bridgehead atoms. The van der Waals surface area contributed by atoms with Gasteiger partial charge in [-0.05, 0) is 27.6 Å². The molecule has 1 aromatic carbocycles. The van der Waals surface area contributed by atoms with Crippen molar-refractivity contribution in [2.45, 2.75) is 5.38 Å². The van der Waals surface area contributed by atoms with E-state index in [2.05, 4.69) is 26.1 Å². The molecule has 3 aromatic rings. The van der Waals surface area contributed by atoms with E-state index in [1.54, 1.807) is 11.3 Å². The van der Waals surface area contributed by atoms with E-state index in [1.807, 2.05) is 41.8 Å². The van der Waals surface area contributed by atoms with E-state index in [0.717, 1.165) is 14.9 Å². The smallest absolute Gasteiger partial charge is 0.248 e. The summed E-state index contributed by atoms with van der Waals surface area (Å²) in [6, 6.07) is 11.6. The first kappa shape index (κ1) is 12.8. The number of hydrogen-bond donors (Lipinski definition) is 0. The first-order valence-corrected chi connectivity index (χ1v) is 7.62. The van der Waals surface area contributed by atoms with Gasteiger partial charge < -0.3 is 4.42 Å². The SMILES string of the molecule is ClC(c1ccccc1)c1nnc(-c2csc(Br)c2)o1. The molecule has 3 nitrogen and oxygen atoms in total. The van der Waals surface area contributed by atoms with Gasteiger partial charge in [0.2, 0.25) is 11.8 Å². The number of thiophene rings is 1. The third kappa shape index (κ3) is 2.73. The lowest BCUT2D eigenvalue weighted by Gasteiger charge is -2.03. The minimum absolute atomic E-state index is 0.408. The van der Waals surface area contributed by atoms with Crippen LogP contribution in [-0.4, -0.2) is 10.2 Å². The summed E-state index contributed by atoms with van der Waals surface area (Å²) >= 11 is 11.3. The van der Waals surface area contributed by atoms with Crippen LogP contribution in [0.5, 0.6) is 0 Å². The van der Waals surface area contributed by atoms with E-state index >= 15 is 0 Å². The van der Waals surface area contributed by atoms with Crippen molar-refractivity contribution in [3.05, 3.63) is 57.0 Å². The van der Waals surface area contributed by atoms with E-state index in [4.69, 9.17) is 16.0 Å². The molecule has 0 fully saturated rings. The van der Waals surface area contributed by atoms with Crippen molar-refractivity contribution in [2.24, 2.45) is 0 Å². The largest absolute Gasteiger partial charge is 0.419 e. The molecule has 1 unspecified atom stereocenters. The van der Waals surface area contributed by atoms with Crippen LogP contribution in [0, 0.1) is 0 Å². The number of nitrogens with zero attached hydrogens (tertiary/aromatic N) is 2. The lowest BCUT2D eigenvalue weighted by atomic mass is 10.1. The molecule has 6 heteroatoms. The number of aromatic nitrogens is 2. The van der Waals surface area contributed by atoms with Gasteiger partial charge in [0.25, 0.3) is 0 Å². The highest BCUT2D eigenvalue weighted by Crippen LogP contribution is 2.32. The van der Waals surface area contributed by atoms with E-state index in [9.17, 15) is 0 Å². The maximum atomic E-state index is 6.33. The van der Waals surface area contributed by atoms with Crippen molar-refractivity contribution in [2.75, 3.05) is 0 Å². The number of benzene rings is 1. The highest BCUT2D eigenvalue weighted by molar-refractivity contribution is 9.11. The summed E-state index contributed by atoms with van der Waals surface area (Å²) in [4.78, 5) is 0. The second-order valence-corrected chi connectivity index (χ2v) is 6.59. The fraction of sp³-hybridized carbons (Fsp3) is 0.0769. The highest BCUT2D eigenvalue weighted by Gasteiger charge is 2.18. The molecule has 0 aliphatic heterocycles. The van der Waals surface area contributed by atoms with Gasteiger partial charge in [0.15, 0.2) is 0 Å². The molecule has 1 atom stereocenters. The molecular formula is C13H8BrClN2OS. The zero-order valence-corrected chi connectivity index (χ0v) is 12.7. The van der Waals surface area contributed by atoms with Gasteiger partial charge in [-0.1, -0.05) is 30.3 Å². The van der Waals surface area contributed by atoms with Gasteiger partial charge in [-0.3, -0.25) is 0 Å². The Morgan fingerprint density at radius 3 is 2.68 bits per heavy atom. The van der Waals surface area contributed by atoms with Crippen LogP contribution in [0.15, 0.2) is 50.0 Å². The Morgan fingerprint density at radius 2 is 2.00 bits per heavy atom. The topological polar surface area (TPSA) is 38.9 Å². The maximum absolute atomic E-state index is 6.33. The van der Waals surface area contributed by atoms with Crippen LogP contribution >= 0.6 is 38.9 Å². The molecule has 3 rings (SSSR count).